The molecule has 1 amide bonds. The zero-order valence-corrected chi connectivity index (χ0v) is 15.5. The fraction of sp³-hybridized carbons (Fsp3) is 0.211. The lowest BCUT2D eigenvalue weighted by molar-refractivity contribution is 0.0599. The average Bonchev–Trinajstić information content (AvgIpc) is 2.67. The Labute approximate surface area is 155 Å². The van der Waals surface area contributed by atoms with Crippen LogP contribution in [0.3, 0.4) is 0 Å². The number of anilines is 1. The van der Waals surface area contributed by atoms with Crippen LogP contribution in [0.25, 0.3) is 0 Å². The Kier molecular flexibility index (Phi) is 6.80. The molecule has 26 heavy (non-hydrogen) atoms. The van der Waals surface area contributed by atoms with Gasteiger partial charge in [0.05, 0.1) is 25.3 Å². The lowest BCUT2D eigenvalue weighted by Gasteiger charge is -2.10. The minimum absolute atomic E-state index is 0.140. The van der Waals surface area contributed by atoms with E-state index in [4.69, 9.17) is 0 Å². The first kappa shape index (κ1) is 19.5. The Morgan fingerprint density at radius 1 is 0.885 bits per heavy atom. The quantitative estimate of drug-likeness (QED) is 0.782. The summed E-state index contributed by atoms with van der Waals surface area (Å²) in [6, 6.07) is 11.5. The summed E-state index contributed by atoms with van der Waals surface area (Å²) < 4.78 is 9.36. The van der Waals surface area contributed by atoms with E-state index in [-0.39, 0.29) is 17.0 Å². The van der Waals surface area contributed by atoms with E-state index in [2.05, 4.69) is 14.8 Å². The number of thioether (sulfide) groups is 1. The molecule has 2 aromatic carbocycles. The van der Waals surface area contributed by atoms with E-state index in [1.165, 1.54) is 32.4 Å². The van der Waals surface area contributed by atoms with Crippen molar-refractivity contribution in [2.45, 2.75) is 5.75 Å². The lowest BCUT2D eigenvalue weighted by atomic mass is 10.1. The highest BCUT2D eigenvalue weighted by atomic mass is 32.2. The van der Waals surface area contributed by atoms with Crippen LogP contribution < -0.4 is 5.32 Å². The molecular formula is C19H19NO5S. The van der Waals surface area contributed by atoms with Crippen molar-refractivity contribution in [1.82, 2.24) is 0 Å². The van der Waals surface area contributed by atoms with Crippen LogP contribution in [0, 0.1) is 0 Å². The van der Waals surface area contributed by atoms with Crippen molar-refractivity contribution in [3.63, 3.8) is 0 Å². The molecule has 0 spiro atoms. The minimum Gasteiger partial charge on any atom is -0.465 e. The second-order valence-electron chi connectivity index (χ2n) is 5.37. The minimum atomic E-state index is -0.618. The molecule has 0 heterocycles. The second kappa shape index (κ2) is 9.05. The van der Waals surface area contributed by atoms with Crippen molar-refractivity contribution in [1.29, 1.82) is 0 Å². The third kappa shape index (κ3) is 4.86. The third-order valence-electron chi connectivity index (χ3n) is 3.56. The van der Waals surface area contributed by atoms with Crippen LogP contribution in [0.5, 0.6) is 0 Å². The van der Waals surface area contributed by atoms with Gasteiger partial charge in [0.15, 0.2) is 0 Å². The molecule has 0 saturated carbocycles. The van der Waals surface area contributed by atoms with Gasteiger partial charge in [-0.25, -0.2) is 9.59 Å². The van der Waals surface area contributed by atoms with E-state index in [0.717, 1.165) is 11.3 Å². The molecule has 0 atom stereocenters. The van der Waals surface area contributed by atoms with Gasteiger partial charge in [-0.15, -0.1) is 0 Å². The number of benzene rings is 2. The molecule has 0 saturated heterocycles. The van der Waals surface area contributed by atoms with Gasteiger partial charge in [-0.05, 0) is 42.2 Å². The van der Waals surface area contributed by atoms with Crippen LogP contribution in [0.1, 0.15) is 36.6 Å². The van der Waals surface area contributed by atoms with Crippen molar-refractivity contribution < 1.29 is 23.9 Å². The Hall–Kier alpha value is -2.80. The molecule has 0 radical (unpaired) electrons. The predicted molar refractivity (Wildman–Crippen MR) is 101 cm³/mol. The lowest BCUT2D eigenvalue weighted by Crippen LogP contribution is -2.14. The van der Waals surface area contributed by atoms with Gasteiger partial charge in [-0.2, -0.15) is 11.8 Å². The monoisotopic (exact) mass is 373 g/mol. The molecule has 2 aromatic rings. The van der Waals surface area contributed by atoms with Crippen molar-refractivity contribution >= 4 is 35.3 Å². The molecule has 136 valence electrons. The van der Waals surface area contributed by atoms with E-state index in [0.29, 0.717) is 11.3 Å². The maximum absolute atomic E-state index is 12.4. The van der Waals surface area contributed by atoms with Crippen molar-refractivity contribution in [2.75, 3.05) is 25.8 Å². The molecule has 0 fully saturated rings. The Morgan fingerprint density at radius 3 is 1.88 bits per heavy atom. The largest absolute Gasteiger partial charge is 0.465 e. The number of carbonyl (C=O) groups excluding carboxylic acids is 3. The molecule has 7 heteroatoms. The van der Waals surface area contributed by atoms with E-state index in [1.54, 1.807) is 23.9 Å². The van der Waals surface area contributed by atoms with Gasteiger partial charge in [-0.1, -0.05) is 12.1 Å². The first-order valence-electron chi connectivity index (χ1n) is 7.69. The number of methoxy groups -OCH3 is 2. The zero-order chi connectivity index (χ0) is 19.1. The average molecular weight is 373 g/mol. The predicted octanol–water partition coefficient (Wildman–Crippen LogP) is 3.38. The SMILES string of the molecule is COC(=O)c1cc(NC(=O)c2ccc(CSC)cc2)cc(C(=O)OC)c1. The number of ether oxygens (including phenoxy) is 2. The molecule has 0 aliphatic heterocycles. The van der Waals surface area contributed by atoms with Gasteiger partial charge in [0.2, 0.25) is 0 Å². The van der Waals surface area contributed by atoms with E-state index in [1.807, 2.05) is 18.4 Å². The Bertz CT molecular complexity index is 783. The van der Waals surface area contributed by atoms with Crippen LogP contribution >= 0.6 is 11.8 Å². The summed E-state index contributed by atoms with van der Waals surface area (Å²) in [6.07, 6.45) is 2.01. The third-order valence-corrected chi connectivity index (χ3v) is 4.18. The molecule has 0 bridgehead atoms. The molecule has 1 N–H and O–H groups in total. The number of esters is 2. The van der Waals surface area contributed by atoms with Gasteiger partial charge in [0.1, 0.15) is 0 Å². The summed E-state index contributed by atoms with van der Waals surface area (Å²) >= 11 is 1.70. The Balaban J connectivity index is 2.27. The molecule has 0 aliphatic carbocycles. The highest BCUT2D eigenvalue weighted by Crippen LogP contribution is 2.18. The zero-order valence-electron chi connectivity index (χ0n) is 14.7. The second-order valence-corrected chi connectivity index (χ2v) is 6.23. The molecular weight excluding hydrogens is 354 g/mol. The van der Waals surface area contributed by atoms with E-state index in [9.17, 15) is 14.4 Å². The summed E-state index contributed by atoms with van der Waals surface area (Å²) in [5.74, 6) is -0.718. The Morgan fingerprint density at radius 2 is 1.42 bits per heavy atom. The number of hydrogen-bond acceptors (Lipinski definition) is 6. The molecule has 6 nitrogen and oxygen atoms in total. The standard InChI is InChI=1S/C19H19NO5S/c1-24-18(22)14-8-15(19(23)25-2)10-16(9-14)20-17(21)13-6-4-12(5-7-13)11-26-3/h4-10H,11H2,1-3H3,(H,20,21). The van der Waals surface area contributed by atoms with Gasteiger partial charge in [0, 0.05) is 17.0 Å². The fourth-order valence-electron chi connectivity index (χ4n) is 2.29. The maximum atomic E-state index is 12.4. The number of amides is 1. The van der Waals surface area contributed by atoms with Gasteiger partial charge in [0.25, 0.3) is 5.91 Å². The molecule has 0 aromatic heterocycles. The molecule has 2 rings (SSSR count). The maximum Gasteiger partial charge on any atom is 0.337 e. The van der Waals surface area contributed by atoms with Crippen LogP contribution in [-0.4, -0.2) is 38.3 Å². The highest BCUT2D eigenvalue weighted by molar-refractivity contribution is 7.97. The number of carbonyl (C=O) groups is 3. The highest BCUT2D eigenvalue weighted by Gasteiger charge is 2.15. The van der Waals surface area contributed by atoms with E-state index >= 15 is 0 Å². The summed E-state index contributed by atoms with van der Waals surface area (Å²) in [4.78, 5) is 36.0. The summed E-state index contributed by atoms with van der Waals surface area (Å²) in [6.45, 7) is 0. The van der Waals surface area contributed by atoms with Crippen molar-refractivity contribution in [3.05, 3.63) is 64.7 Å². The number of hydrogen-bond donors (Lipinski definition) is 1. The summed E-state index contributed by atoms with van der Waals surface area (Å²) in [7, 11) is 2.48. The molecule has 0 unspecified atom stereocenters. The van der Waals surface area contributed by atoms with Crippen LogP contribution in [-0.2, 0) is 15.2 Å². The van der Waals surface area contributed by atoms with Crippen LogP contribution in [0.15, 0.2) is 42.5 Å². The number of nitrogens with one attached hydrogen (secondary N) is 1. The first-order valence-corrected chi connectivity index (χ1v) is 9.08. The topological polar surface area (TPSA) is 81.7 Å². The smallest absolute Gasteiger partial charge is 0.337 e. The van der Waals surface area contributed by atoms with Crippen molar-refractivity contribution in [3.8, 4) is 0 Å². The van der Waals surface area contributed by atoms with Gasteiger partial charge >= 0.3 is 11.9 Å². The van der Waals surface area contributed by atoms with Crippen LogP contribution in [0.4, 0.5) is 5.69 Å². The molecule has 0 aliphatic rings. The number of rotatable bonds is 6. The normalized spacial score (nSPS) is 10.1. The first-order chi connectivity index (χ1) is 12.5. The van der Waals surface area contributed by atoms with Gasteiger partial charge in [-0.3, -0.25) is 4.79 Å². The summed E-state index contributed by atoms with van der Waals surface area (Å²) in [5.41, 5.74) is 2.17. The van der Waals surface area contributed by atoms with Gasteiger partial charge < -0.3 is 14.8 Å². The van der Waals surface area contributed by atoms with Crippen LogP contribution in [0.2, 0.25) is 0 Å². The van der Waals surface area contributed by atoms with E-state index < -0.39 is 11.9 Å². The summed E-state index contributed by atoms with van der Waals surface area (Å²) in [5, 5.41) is 2.69. The van der Waals surface area contributed by atoms with Crippen molar-refractivity contribution in [2.24, 2.45) is 0 Å². The fourth-order valence-corrected chi connectivity index (χ4v) is 2.82.